The van der Waals surface area contributed by atoms with E-state index in [1.54, 1.807) is 61.3 Å². The Kier molecular flexibility index (Phi) is 4.20. The van der Waals surface area contributed by atoms with Crippen molar-refractivity contribution >= 4 is 52.1 Å². The predicted molar refractivity (Wildman–Crippen MR) is 99.8 cm³/mol. The fourth-order valence-electron chi connectivity index (χ4n) is 2.74. The minimum absolute atomic E-state index is 0.138. The normalized spacial score (nSPS) is 20.8. The van der Waals surface area contributed by atoms with Gasteiger partial charge in [-0.15, -0.1) is 0 Å². The Labute approximate surface area is 155 Å². The van der Waals surface area contributed by atoms with Gasteiger partial charge < -0.3 is 10.0 Å². The third kappa shape index (κ3) is 2.44. The van der Waals surface area contributed by atoms with Crippen molar-refractivity contribution in [1.29, 1.82) is 0 Å². The monoisotopic (exact) mass is 380 g/mol. The summed E-state index contributed by atoms with van der Waals surface area (Å²) in [6.45, 7) is 1.80. The first kappa shape index (κ1) is 17.0. The second kappa shape index (κ2) is 5.92. The van der Waals surface area contributed by atoms with Crippen LogP contribution in [0.25, 0.3) is 0 Å². The number of phenols is 1. The third-order valence-corrected chi connectivity index (χ3v) is 5.55. The van der Waals surface area contributed by atoms with Crippen molar-refractivity contribution < 1.29 is 9.90 Å². The SMILES string of the molecule is CN1C(=S)N(c2ccc(Cl)c(Cl)c2)C(=O)[C@@]1(C)c1ccc(O)cc1. The van der Waals surface area contributed by atoms with Crippen LogP contribution in [0.4, 0.5) is 5.69 Å². The van der Waals surface area contributed by atoms with Gasteiger partial charge in [0, 0.05) is 7.05 Å². The van der Waals surface area contributed by atoms with E-state index in [0.717, 1.165) is 5.56 Å². The van der Waals surface area contributed by atoms with E-state index in [1.165, 1.54) is 4.90 Å². The molecule has 3 rings (SSSR count). The number of rotatable bonds is 2. The first-order valence-corrected chi connectivity index (χ1v) is 8.30. The van der Waals surface area contributed by atoms with Crippen LogP contribution in [-0.4, -0.2) is 28.1 Å². The number of hydrogen-bond acceptors (Lipinski definition) is 3. The summed E-state index contributed by atoms with van der Waals surface area (Å²) in [4.78, 5) is 16.4. The molecule has 0 saturated carbocycles. The zero-order valence-electron chi connectivity index (χ0n) is 13.0. The number of likely N-dealkylation sites (N-methyl/N-ethyl adjacent to an activating group) is 1. The molecule has 1 amide bonds. The molecular weight excluding hydrogens is 367 g/mol. The number of hydrogen-bond donors (Lipinski definition) is 1. The molecule has 1 fully saturated rings. The molecule has 1 N–H and O–H groups in total. The topological polar surface area (TPSA) is 43.8 Å². The van der Waals surface area contributed by atoms with Crippen molar-refractivity contribution in [2.24, 2.45) is 0 Å². The summed E-state index contributed by atoms with van der Waals surface area (Å²) in [5.74, 6) is -0.0570. The van der Waals surface area contributed by atoms with Gasteiger partial charge in [-0.2, -0.15) is 0 Å². The Bertz CT molecular complexity index is 841. The molecule has 0 aliphatic carbocycles. The summed E-state index contributed by atoms with van der Waals surface area (Å²) >= 11 is 17.5. The van der Waals surface area contributed by atoms with Gasteiger partial charge in [0.05, 0.1) is 15.7 Å². The number of halogens is 2. The molecule has 24 heavy (non-hydrogen) atoms. The number of aromatic hydroxyl groups is 1. The molecule has 0 spiro atoms. The average Bonchev–Trinajstić information content (AvgIpc) is 2.73. The van der Waals surface area contributed by atoms with Gasteiger partial charge >= 0.3 is 0 Å². The first-order chi connectivity index (χ1) is 11.3. The zero-order chi connectivity index (χ0) is 17.6. The quantitative estimate of drug-likeness (QED) is 0.793. The second-order valence-corrected chi connectivity index (χ2v) is 6.88. The largest absolute Gasteiger partial charge is 0.508 e. The van der Waals surface area contributed by atoms with E-state index in [4.69, 9.17) is 35.4 Å². The lowest BCUT2D eigenvalue weighted by molar-refractivity contribution is -0.124. The zero-order valence-corrected chi connectivity index (χ0v) is 15.3. The van der Waals surface area contributed by atoms with E-state index < -0.39 is 5.54 Å². The third-order valence-electron chi connectivity index (χ3n) is 4.36. The lowest BCUT2D eigenvalue weighted by Crippen LogP contribution is -2.42. The van der Waals surface area contributed by atoms with Crippen molar-refractivity contribution in [1.82, 2.24) is 4.90 Å². The highest BCUT2D eigenvalue weighted by Crippen LogP contribution is 2.40. The summed E-state index contributed by atoms with van der Waals surface area (Å²) in [5.41, 5.74) is 0.322. The molecule has 2 aromatic carbocycles. The maximum absolute atomic E-state index is 13.2. The lowest BCUT2D eigenvalue weighted by atomic mass is 9.90. The number of nitrogens with zero attached hydrogens (tertiary/aromatic N) is 2. The number of carbonyl (C=O) groups is 1. The molecule has 1 saturated heterocycles. The van der Waals surface area contributed by atoms with Crippen LogP contribution in [-0.2, 0) is 10.3 Å². The summed E-state index contributed by atoms with van der Waals surface area (Å²) in [5, 5.41) is 10.6. The molecule has 1 aliphatic rings. The van der Waals surface area contributed by atoms with Crippen molar-refractivity contribution in [2.75, 3.05) is 11.9 Å². The van der Waals surface area contributed by atoms with Gasteiger partial charge in [-0.3, -0.25) is 9.69 Å². The number of thiocarbonyl (C=S) groups is 1. The molecule has 124 valence electrons. The fourth-order valence-corrected chi connectivity index (χ4v) is 3.41. The van der Waals surface area contributed by atoms with Gasteiger partial charge in [0.2, 0.25) is 0 Å². The molecule has 1 aliphatic heterocycles. The van der Waals surface area contributed by atoms with Gasteiger partial charge in [-0.25, -0.2) is 0 Å². The number of phenolic OH excluding ortho intramolecular Hbond substituents is 1. The van der Waals surface area contributed by atoms with Crippen LogP contribution < -0.4 is 4.90 Å². The van der Waals surface area contributed by atoms with Crippen molar-refractivity contribution in [3.63, 3.8) is 0 Å². The highest BCUT2D eigenvalue weighted by Gasteiger charge is 2.52. The molecular formula is C17H14Cl2N2O2S. The summed E-state index contributed by atoms with van der Waals surface area (Å²) in [6.07, 6.45) is 0. The minimum atomic E-state index is -0.975. The molecule has 2 aromatic rings. The Morgan fingerprint density at radius 2 is 1.71 bits per heavy atom. The van der Waals surface area contributed by atoms with E-state index in [9.17, 15) is 9.90 Å². The van der Waals surface area contributed by atoms with Crippen LogP contribution >= 0.6 is 35.4 Å². The highest BCUT2D eigenvalue weighted by atomic mass is 35.5. The van der Waals surface area contributed by atoms with Gasteiger partial charge in [0.25, 0.3) is 5.91 Å². The first-order valence-electron chi connectivity index (χ1n) is 7.13. The molecule has 0 radical (unpaired) electrons. The predicted octanol–water partition coefficient (Wildman–Crippen LogP) is 4.18. The maximum atomic E-state index is 13.2. The summed E-state index contributed by atoms with van der Waals surface area (Å²) < 4.78 is 0. The number of carbonyl (C=O) groups excluding carboxylic acids is 1. The number of anilines is 1. The van der Waals surface area contributed by atoms with Gasteiger partial charge in [0.15, 0.2) is 5.11 Å². The van der Waals surface area contributed by atoms with E-state index in [2.05, 4.69) is 0 Å². The van der Waals surface area contributed by atoms with Gasteiger partial charge in [-0.1, -0.05) is 35.3 Å². The van der Waals surface area contributed by atoms with E-state index in [1.807, 2.05) is 0 Å². The molecule has 1 atom stereocenters. The highest BCUT2D eigenvalue weighted by molar-refractivity contribution is 7.80. The molecule has 1 heterocycles. The Morgan fingerprint density at radius 3 is 2.29 bits per heavy atom. The van der Waals surface area contributed by atoms with E-state index in [-0.39, 0.29) is 11.7 Å². The van der Waals surface area contributed by atoms with Crippen molar-refractivity contribution in [3.05, 3.63) is 58.1 Å². The number of amides is 1. The Morgan fingerprint density at radius 1 is 1.08 bits per heavy atom. The Hall–Kier alpha value is -1.82. The van der Waals surface area contributed by atoms with Crippen molar-refractivity contribution in [2.45, 2.75) is 12.5 Å². The van der Waals surface area contributed by atoms with Crippen LogP contribution in [0, 0.1) is 0 Å². The molecule has 7 heteroatoms. The van der Waals surface area contributed by atoms with Gasteiger partial charge in [-0.05, 0) is 55.0 Å². The summed E-state index contributed by atoms with van der Waals surface area (Å²) in [7, 11) is 1.77. The van der Waals surface area contributed by atoms with Crippen molar-refractivity contribution in [3.8, 4) is 5.75 Å². The van der Waals surface area contributed by atoms with Crippen LogP contribution in [0.15, 0.2) is 42.5 Å². The fraction of sp³-hybridized carbons (Fsp3) is 0.176. The minimum Gasteiger partial charge on any atom is -0.508 e. The van der Waals surface area contributed by atoms with E-state index in [0.29, 0.717) is 20.8 Å². The average molecular weight is 381 g/mol. The van der Waals surface area contributed by atoms with Crippen LogP contribution in [0.5, 0.6) is 5.75 Å². The standard InChI is InChI=1S/C17H14Cl2N2O2S/c1-17(10-3-6-12(22)7-4-10)15(23)21(16(24)20(17)2)11-5-8-13(18)14(19)9-11/h3-9,22H,1-2H3/t17-/m1/s1. The Balaban J connectivity index is 2.09. The van der Waals surface area contributed by atoms with Gasteiger partial charge in [0.1, 0.15) is 11.3 Å². The smallest absolute Gasteiger partial charge is 0.263 e. The molecule has 4 nitrogen and oxygen atoms in total. The maximum Gasteiger partial charge on any atom is 0.263 e. The summed E-state index contributed by atoms with van der Waals surface area (Å²) in [6, 6.07) is 11.5. The van der Waals surface area contributed by atoms with Crippen LogP contribution in [0.2, 0.25) is 10.0 Å². The molecule has 0 unspecified atom stereocenters. The van der Waals surface area contributed by atoms with Crippen LogP contribution in [0.3, 0.4) is 0 Å². The van der Waals surface area contributed by atoms with E-state index >= 15 is 0 Å². The number of benzene rings is 2. The van der Waals surface area contributed by atoms with Crippen LogP contribution in [0.1, 0.15) is 12.5 Å². The lowest BCUT2D eigenvalue weighted by Gasteiger charge is -2.30. The second-order valence-electron chi connectivity index (χ2n) is 5.70. The molecule has 0 bridgehead atoms. The molecule has 0 aromatic heterocycles.